The molecule has 1 amide bonds. The SMILES string of the molecule is CCCCc1cc(=O)oc2cc(C)cc(OCC(=O)N3CCC4(O)CCCCC4C3c3ccc(Cl)cc3)c12. The predicted molar refractivity (Wildman–Crippen MR) is 149 cm³/mol. The van der Waals surface area contributed by atoms with E-state index in [4.69, 9.17) is 20.8 Å². The number of rotatable bonds is 7. The summed E-state index contributed by atoms with van der Waals surface area (Å²) in [6.45, 7) is 4.35. The number of hydrogen-bond acceptors (Lipinski definition) is 5. The number of piperidine rings is 1. The number of benzene rings is 2. The van der Waals surface area contributed by atoms with Crippen molar-refractivity contribution in [3.05, 3.63) is 74.6 Å². The van der Waals surface area contributed by atoms with Crippen LogP contribution in [0.3, 0.4) is 0 Å². The molecule has 1 saturated heterocycles. The second-order valence-electron chi connectivity index (χ2n) is 10.9. The largest absolute Gasteiger partial charge is 0.483 e. The molecule has 38 heavy (non-hydrogen) atoms. The molecule has 0 spiro atoms. The summed E-state index contributed by atoms with van der Waals surface area (Å²) < 4.78 is 11.7. The van der Waals surface area contributed by atoms with Crippen LogP contribution in [0.15, 0.2) is 51.7 Å². The van der Waals surface area contributed by atoms with Gasteiger partial charge in [-0.2, -0.15) is 0 Å². The number of likely N-dealkylation sites (tertiary alicyclic amines) is 1. The minimum Gasteiger partial charge on any atom is -0.483 e. The van der Waals surface area contributed by atoms with Gasteiger partial charge in [0.2, 0.25) is 0 Å². The van der Waals surface area contributed by atoms with Gasteiger partial charge in [-0.1, -0.05) is 49.9 Å². The fourth-order valence-corrected chi connectivity index (χ4v) is 6.53. The Hall–Kier alpha value is -2.83. The lowest BCUT2D eigenvalue weighted by atomic mass is 9.66. The average Bonchev–Trinajstić information content (AvgIpc) is 2.89. The summed E-state index contributed by atoms with van der Waals surface area (Å²) in [5, 5.41) is 12.9. The van der Waals surface area contributed by atoms with Gasteiger partial charge in [-0.3, -0.25) is 4.79 Å². The highest BCUT2D eigenvalue weighted by atomic mass is 35.5. The van der Waals surface area contributed by atoms with Gasteiger partial charge in [-0.15, -0.1) is 0 Å². The van der Waals surface area contributed by atoms with Gasteiger partial charge in [0, 0.05) is 23.6 Å². The molecule has 7 heteroatoms. The van der Waals surface area contributed by atoms with E-state index in [0.717, 1.165) is 67.0 Å². The lowest BCUT2D eigenvalue weighted by molar-refractivity contribution is -0.157. The first-order valence-corrected chi connectivity index (χ1v) is 14.1. The van der Waals surface area contributed by atoms with Crippen LogP contribution in [-0.2, 0) is 11.2 Å². The summed E-state index contributed by atoms with van der Waals surface area (Å²) in [4.78, 5) is 27.8. The number of carbonyl (C=O) groups excluding carboxylic acids is 1. The molecule has 5 rings (SSSR count). The summed E-state index contributed by atoms with van der Waals surface area (Å²) in [7, 11) is 0. The molecule has 3 atom stereocenters. The lowest BCUT2D eigenvalue weighted by Crippen LogP contribution is -2.56. The molecule has 6 nitrogen and oxygen atoms in total. The van der Waals surface area contributed by atoms with Gasteiger partial charge >= 0.3 is 5.63 Å². The molecule has 202 valence electrons. The van der Waals surface area contributed by atoms with Crippen molar-refractivity contribution in [3.63, 3.8) is 0 Å². The summed E-state index contributed by atoms with van der Waals surface area (Å²) >= 11 is 6.17. The Morgan fingerprint density at radius 3 is 2.74 bits per heavy atom. The zero-order valence-electron chi connectivity index (χ0n) is 22.2. The van der Waals surface area contributed by atoms with Crippen molar-refractivity contribution in [2.24, 2.45) is 5.92 Å². The van der Waals surface area contributed by atoms with Crippen LogP contribution in [0.5, 0.6) is 5.75 Å². The summed E-state index contributed by atoms with van der Waals surface area (Å²) in [6, 6.07) is 12.6. The van der Waals surface area contributed by atoms with Crippen molar-refractivity contribution < 1.29 is 19.1 Å². The highest BCUT2D eigenvalue weighted by molar-refractivity contribution is 6.30. The quantitative estimate of drug-likeness (QED) is 0.354. The normalized spacial score (nSPS) is 23.3. The van der Waals surface area contributed by atoms with E-state index in [-0.39, 0.29) is 30.1 Å². The van der Waals surface area contributed by atoms with Crippen LogP contribution in [0, 0.1) is 12.8 Å². The summed E-state index contributed by atoms with van der Waals surface area (Å²) in [5.41, 5.74) is 2.09. The molecule has 2 aliphatic rings. The molecule has 1 aliphatic carbocycles. The van der Waals surface area contributed by atoms with E-state index < -0.39 is 5.60 Å². The lowest BCUT2D eigenvalue weighted by Gasteiger charge is -2.52. The Balaban J connectivity index is 1.44. The zero-order valence-corrected chi connectivity index (χ0v) is 22.9. The number of carbonyl (C=O) groups is 1. The van der Waals surface area contributed by atoms with Crippen molar-refractivity contribution in [2.45, 2.75) is 76.9 Å². The van der Waals surface area contributed by atoms with Crippen LogP contribution in [0.1, 0.15) is 74.6 Å². The van der Waals surface area contributed by atoms with Gasteiger partial charge in [0.25, 0.3) is 5.91 Å². The van der Waals surface area contributed by atoms with Crippen molar-refractivity contribution >= 4 is 28.5 Å². The van der Waals surface area contributed by atoms with E-state index in [0.29, 0.717) is 29.3 Å². The standard InChI is InChI=1S/C31H36ClNO5/c1-3-4-7-22-18-28(35)38-26-17-20(2)16-25(29(22)26)37-19-27(34)33-15-14-31(36)13-6-5-8-24(31)30(33)21-9-11-23(32)12-10-21/h9-12,16-18,24,30,36H,3-8,13-15,19H2,1-2H3. The average molecular weight is 538 g/mol. The Morgan fingerprint density at radius 2 is 1.97 bits per heavy atom. The van der Waals surface area contributed by atoms with Gasteiger partial charge in [-0.25, -0.2) is 4.79 Å². The topological polar surface area (TPSA) is 80.0 Å². The molecule has 1 saturated carbocycles. The van der Waals surface area contributed by atoms with Gasteiger partial charge in [0.05, 0.1) is 17.0 Å². The van der Waals surface area contributed by atoms with Crippen molar-refractivity contribution in [1.82, 2.24) is 4.90 Å². The van der Waals surface area contributed by atoms with Crippen LogP contribution in [-0.4, -0.2) is 34.7 Å². The fourth-order valence-electron chi connectivity index (χ4n) is 6.40. The van der Waals surface area contributed by atoms with Gasteiger partial charge in [0.1, 0.15) is 11.3 Å². The monoisotopic (exact) mass is 537 g/mol. The number of fused-ring (bicyclic) bond motifs is 2. The maximum absolute atomic E-state index is 13.8. The number of nitrogens with zero attached hydrogens (tertiary/aromatic N) is 1. The van der Waals surface area contributed by atoms with Crippen LogP contribution in [0.4, 0.5) is 0 Å². The number of hydrogen-bond donors (Lipinski definition) is 1. The van der Waals surface area contributed by atoms with Crippen molar-refractivity contribution in [2.75, 3.05) is 13.2 Å². The van der Waals surface area contributed by atoms with Crippen LogP contribution in [0.2, 0.25) is 5.02 Å². The van der Waals surface area contributed by atoms with Crippen molar-refractivity contribution in [3.8, 4) is 5.75 Å². The smallest absolute Gasteiger partial charge is 0.336 e. The van der Waals surface area contributed by atoms with E-state index in [1.54, 1.807) is 0 Å². The Labute approximate surface area is 228 Å². The fraction of sp³-hybridized carbons (Fsp3) is 0.484. The van der Waals surface area contributed by atoms with Crippen LogP contribution >= 0.6 is 11.6 Å². The van der Waals surface area contributed by atoms with E-state index in [1.165, 1.54) is 6.07 Å². The number of aryl methyl sites for hydroxylation is 2. The molecular formula is C31H36ClNO5. The second kappa shape index (κ2) is 11.1. The number of ether oxygens (including phenoxy) is 1. The summed E-state index contributed by atoms with van der Waals surface area (Å²) in [6.07, 6.45) is 6.91. The molecule has 1 aromatic heterocycles. The molecule has 2 fully saturated rings. The third-order valence-corrected chi connectivity index (χ3v) is 8.54. The molecule has 1 N–H and O–H groups in total. The molecular weight excluding hydrogens is 502 g/mol. The number of amides is 1. The first kappa shape index (κ1) is 26.8. The molecule has 2 heterocycles. The van der Waals surface area contributed by atoms with E-state index in [1.807, 2.05) is 48.2 Å². The molecule has 3 unspecified atom stereocenters. The zero-order chi connectivity index (χ0) is 26.9. The Kier molecular flexibility index (Phi) is 7.83. The minimum atomic E-state index is -0.765. The number of unbranched alkanes of at least 4 members (excludes halogenated alkanes) is 1. The van der Waals surface area contributed by atoms with E-state index in [2.05, 4.69) is 6.92 Å². The van der Waals surface area contributed by atoms with E-state index >= 15 is 0 Å². The van der Waals surface area contributed by atoms with Gasteiger partial charge in [0.15, 0.2) is 6.61 Å². The van der Waals surface area contributed by atoms with Gasteiger partial charge < -0.3 is 19.2 Å². The molecule has 0 bridgehead atoms. The van der Waals surface area contributed by atoms with Gasteiger partial charge in [-0.05, 0) is 80.0 Å². The maximum Gasteiger partial charge on any atom is 0.336 e. The molecule has 0 radical (unpaired) electrons. The highest BCUT2D eigenvalue weighted by Crippen LogP contribution is 2.49. The van der Waals surface area contributed by atoms with Crippen molar-refractivity contribution in [1.29, 1.82) is 0 Å². The Morgan fingerprint density at radius 1 is 1.18 bits per heavy atom. The van der Waals surface area contributed by atoms with Crippen LogP contribution in [0.25, 0.3) is 11.0 Å². The molecule has 2 aromatic carbocycles. The third-order valence-electron chi connectivity index (χ3n) is 8.28. The highest BCUT2D eigenvalue weighted by Gasteiger charge is 2.50. The summed E-state index contributed by atoms with van der Waals surface area (Å²) in [5.74, 6) is 0.391. The van der Waals surface area contributed by atoms with Crippen LogP contribution < -0.4 is 10.4 Å². The minimum absolute atomic E-state index is 0.0372. The third kappa shape index (κ3) is 5.34. The first-order chi connectivity index (χ1) is 18.3. The second-order valence-corrected chi connectivity index (χ2v) is 11.3. The molecule has 1 aliphatic heterocycles. The van der Waals surface area contributed by atoms with E-state index in [9.17, 15) is 14.7 Å². The molecule has 3 aromatic rings. The Bertz CT molecular complexity index is 1370. The maximum atomic E-state index is 13.8. The first-order valence-electron chi connectivity index (χ1n) is 13.8. The predicted octanol–water partition coefficient (Wildman–Crippen LogP) is 6.37. The number of halogens is 1. The number of aliphatic hydroxyl groups is 1.